The molecule has 3 heteroatoms. The zero-order valence-electron chi connectivity index (χ0n) is 15.8. The molecule has 0 N–H and O–H groups in total. The lowest BCUT2D eigenvalue weighted by molar-refractivity contribution is -0.134. The number of hydrogen-bond donors (Lipinski definition) is 0. The van der Waals surface area contributed by atoms with Crippen LogP contribution in [0.4, 0.5) is 0 Å². The van der Waals surface area contributed by atoms with Gasteiger partial charge in [0.25, 0.3) is 0 Å². The lowest BCUT2D eigenvalue weighted by Gasteiger charge is -2.42. The lowest BCUT2D eigenvalue weighted by Crippen LogP contribution is -2.53. The minimum atomic E-state index is 0.405. The second-order valence-electron chi connectivity index (χ2n) is 8.56. The molecule has 0 radical (unpaired) electrons. The molecule has 0 aromatic rings. The van der Waals surface area contributed by atoms with Gasteiger partial charge in [-0.2, -0.15) is 0 Å². The molecule has 0 aromatic heterocycles. The number of hydrogen-bond acceptors (Lipinski definition) is 2. The fraction of sp³-hybridized carbons (Fsp3) is 0.952. The van der Waals surface area contributed by atoms with Gasteiger partial charge in [0.15, 0.2) is 0 Å². The normalized spacial score (nSPS) is 29.7. The van der Waals surface area contributed by atoms with Crippen molar-refractivity contribution < 1.29 is 4.79 Å². The van der Waals surface area contributed by atoms with E-state index in [0.29, 0.717) is 18.0 Å². The molecule has 0 unspecified atom stereocenters. The highest BCUT2D eigenvalue weighted by Crippen LogP contribution is 2.30. The van der Waals surface area contributed by atoms with E-state index in [-0.39, 0.29) is 0 Å². The van der Waals surface area contributed by atoms with Crippen LogP contribution in [0.15, 0.2) is 0 Å². The van der Waals surface area contributed by atoms with Gasteiger partial charge in [-0.25, -0.2) is 0 Å². The Morgan fingerprint density at radius 2 is 1.58 bits per heavy atom. The highest BCUT2D eigenvalue weighted by Gasteiger charge is 2.35. The summed E-state index contributed by atoms with van der Waals surface area (Å²) in [6.45, 7) is 2.51. The van der Waals surface area contributed by atoms with Crippen LogP contribution >= 0.6 is 0 Å². The van der Waals surface area contributed by atoms with E-state index in [1.54, 1.807) is 0 Å². The summed E-state index contributed by atoms with van der Waals surface area (Å²) in [6.07, 6.45) is 18.1. The monoisotopic (exact) mass is 334 g/mol. The Morgan fingerprint density at radius 3 is 2.33 bits per heavy atom. The summed E-state index contributed by atoms with van der Waals surface area (Å²) in [4.78, 5) is 17.6. The molecule has 0 aromatic carbocycles. The largest absolute Gasteiger partial charge is 0.341 e. The zero-order chi connectivity index (χ0) is 16.8. The first-order chi connectivity index (χ1) is 11.8. The van der Waals surface area contributed by atoms with Crippen LogP contribution < -0.4 is 0 Å². The summed E-state index contributed by atoms with van der Waals surface area (Å²) >= 11 is 0. The third-order valence-corrected chi connectivity index (χ3v) is 6.92. The van der Waals surface area contributed by atoms with E-state index >= 15 is 0 Å². The smallest absolute Gasteiger partial charge is 0.222 e. The van der Waals surface area contributed by atoms with Crippen LogP contribution in [0.1, 0.15) is 89.9 Å². The molecule has 3 fully saturated rings. The Kier molecular flexibility index (Phi) is 7.00. The predicted octanol–water partition coefficient (Wildman–Crippen LogP) is 4.60. The molecule has 2 saturated carbocycles. The van der Waals surface area contributed by atoms with E-state index in [0.717, 1.165) is 18.8 Å². The maximum atomic E-state index is 12.8. The van der Waals surface area contributed by atoms with Crippen LogP contribution in [-0.2, 0) is 4.79 Å². The Morgan fingerprint density at radius 1 is 0.917 bits per heavy atom. The first-order valence-corrected chi connectivity index (χ1v) is 10.8. The predicted molar refractivity (Wildman–Crippen MR) is 100 cm³/mol. The molecule has 1 aliphatic heterocycles. The minimum absolute atomic E-state index is 0.405. The molecule has 2 atom stereocenters. The molecule has 2 aliphatic carbocycles. The quantitative estimate of drug-likeness (QED) is 0.708. The molecular formula is C21H38N2O. The molecule has 138 valence electrons. The van der Waals surface area contributed by atoms with E-state index < -0.39 is 0 Å². The zero-order valence-corrected chi connectivity index (χ0v) is 15.8. The second kappa shape index (κ2) is 9.22. The van der Waals surface area contributed by atoms with Crippen molar-refractivity contribution in [1.82, 2.24) is 9.80 Å². The summed E-state index contributed by atoms with van der Waals surface area (Å²) in [6, 6.07) is 1.10. The molecule has 1 amide bonds. The average molecular weight is 335 g/mol. The standard InChI is InChI=1S/C21H38N2O/c1-22(21(24)15-9-12-18-10-3-2-4-11-18)19-13-5-6-14-20(19)23-16-7-8-17-23/h18-20H,2-17H2,1H3/t19-,20-/m1/s1. The Bertz CT molecular complexity index is 385. The van der Waals surface area contributed by atoms with Crippen molar-refractivity contribution in [3.05, 3.63) is 0 Å². The van der Waals surface area contributed by atoms with Gasteiger partial charge in [0.1, 0.15) is 0 Å². The third-order valence-electron chi connectivity index (χ3n) is 6.92. The van der Waals surface area contributed by atoms with E-state index in [4.69, 9.17) is 0 Å². The molecular weight excluding hydrogens is 296 g/mol. The van der Waals surface area contributed by atoms with Crippen molar-refractivity contribution >= 4 is 5.91 Å². The van der Waals surface area contributed by atoms with Crippen LogP contribution in [0.5, 0.6) is 0 Å². The van der Waals surface area contributed by atoms with Gasteiger partial charge in [0, 0.05) is 25.6 Å². The van der Waals surface area contributed by atoms with E-state index in [2.05, 4.69) is 16.8 Å². The van der Waals surface area contributed by atoms with Crippen molar-refractivity contribution in [2.24, 2.45) is 5.92 Å². The van der Waals surface area contributed by atoms with Crippen LogP contribution in [0, 0.1) is 5.92 Å². The lowest BCUT2D eigenvalue weighted by atomic mass is 9.85. The maximum absolute atomic E-state index is 12.8. The number of rotatable bonds is 6. The number of likely N-dealkylation sites (N-methyl/N-ethyl adjacent to an activating group) is 1. The first kappa shape index (κ1) is 18.2. The SMILES string of the molecule is CN(C(=O)CCCC1CCCCC1)[C@@H]1CCCC[C@H]1N1CCCC1. The molecule has 3 aliphatic rings. The van der Waals surface area contributed by atoms with Gasteiger partial charge >= 0.3 is 0 Å². The number of amides is 1. The van der Waals surface area contributed by atoms with Gasteiger partial charge in [0.05, 0.1) is 0 Å². The summed E-state index contributed by atoms with van der Waals surface area (Å²) in [7, 11) is 2.09. The minimum Gasteiger partial charge on any atom is -0.341 e. The molecule has 0 spiro atoms. The molecule has 3 rings (SSSR count). The summed E-state index contributed by atoms with van der Waals surface area (Å²) in [5.74, 6) is 1.31. The highest BCUT2D eigenvalue weighted by atomic mass is 16.2. The Labute approximate surface area is 149 Å². The van der Waals surface area contributed by atoms with Crippen molar-refractivity contribution in [3.63, 3.8) is 0 Å². The molecule has 1 heterocycles. The van der Waals surface area contributed by atoms with Crippen LogP contribution in [0.3, 0.4) is 0 Å². The number of likely N-dealkylation sites (tertiary alicyclic amines) is 1. The van der Waals surface area contributed by atoms with Crippen molar-refractivity contribution in [2.45, 2.75) is 102 Å². The van der Waals surface area contributed by atoms with E-state index in [1.807, 2.05) is 0 Å². The molecule has 24 heavy (non-hydrogen) atoms. The highest BCUT2D eigenvalue weighted by molar-refractivity contribution is 5.76. The van der Waals surface area contributed by atoms with E-state index in [9.17, 15) is 4.79 Å². The fourth-order valence-corrected chi connectivity index (χ4v) is 5.42. The van der Waals surface area contributed by atoms with Gasteiger partial charge in [-0.1, -0.05) is 44.9 Å². The second-order valence-corrected chi connectivity index (χ2v) is 8.56. The summed E-state index contributed by atoms with van der Waals surface area (Å²) in [5, 5.41) is 0. The Balaban J connectivity index is 1.45. The van der Waals surface area contributed by atoms with E-state index in [1.165, 1.54) is 90.1 Å². The third kappa shape index (κ3) is 4.74. The average Bonchev–Trinajstić information content (AvgIpc) is 3.16. The van der Waals surface area contributed by atoms with Crippen molar-refractivity contribution in [2.75, 3.05) is 20.1 Å². The molecule has 1 saturated heterocycles. The van der Waals surface area contributed by atoms with Gasteiger partial charge in [-0.05, 0) is 57.5 Å². The first-order valence-electron chi connectivity index (χ1n) is 10.8. The Hall–Kier alpha value is -0.570. The topological polar surface area (TPSA) is 23.6 Å². The van der Waals surface area contributed by atoms with Gasteiger partial charge in [-0.15, -0.1) is 0 Å². The number of nitrogens with zero attached hydrogens (tertiary/aromatic N) is 2. The molecule has 3 nitrogen and oxygen atoms in total. The molecule has 0 bridgehead atoms. The van der Waals surface area contributed by atoms with Crippen LogP contribution in [0.25, 0.3) is 0 Å². The summed E-state index contributed by atoms with van der Waals surface area (Å²) in [5.41, 5.74) is 0. The maximum Gasteiger partial charge on any atom is 0.222 e. The van der Waals surface area contributed by atoms with Crippen LogP contribution in [-0.4, -0.2) is 47.9 Å². The van der Waals surface area contributed by atoms with Crippen molar-refractivity contribution in [1.29, 1.82) is 0 Å². The number of carbonyl (C=O) groups is 1. The van der Waals surface area contributed by atoms with Crippen LogP contribution in [0.2, 0.25) is 0 Å². The van der Waals surface area contributed by atoms with Crippen molar-refractivity contribution in [3.8, 4) is 0 Å². The van der Waals surface area contributed by atoms with Gasteiger partial charge in [0.2, 0.25) is 5.91 Å². The van der Waals surface area contributed by atoms with Gasteiger partial charge < -0.3 is 4.90 Å². The fourth-order valence-electron chi connectivity index (χ4n) is 5.42. The van der Waals surface area contributed by atoms with Gasteiger partial charge in [-0.3, -0.25) is 9.69 Å². The summed E-state index contributed by atoms with van der Waals surface area (Å²) < 4.78 is 0. The number of carbonyl (C=O) groups excluding carboxylic acids is 1.